The molecule has 5 heteroatoms. The van der Waals surface area contributed by atoms with Crippen LogP contribution in [-0.2, 0) is 4.79 Å². The van der Waals surface area contributed by atoms with E-state index in [0.29, 0.717) is 11.5 Å². The second kappa shape index (κ2) is 6.33. The minimum atomic E-state index is -0.252. The molecule has 2 rings (SSSR count). The van der Waals surface area contributed by atoms with Crippen LogP contribution < -0.4 is 5.32 Å². The molecule has 1 saturated heterocycles. The molecule has 1 aromatic heterocycles. The predicted molar refractivity (Wildman–Crippen MR) is 65.9 cm³/mol. The van der Waals surface area contributed by atoms with E-state index in [1.165, 1.54) is 0 Å². The first-order valence-electron chi connectivity index (χ1n) is 5.22. The Bertz CT molecular complexity index is 338. The lowest BCUT2D eigenvalue weighted by Crippen LogP contribution is -2.31. The molecular formula is C11H15ClFNOS. The van der Waals surface area contributed by atoms with Gasteiger partial charge in [-0.2, -0.15) is 4.39 Å². The summed E-state index contributed by atoms with van der Waals surface area (Å²) >= 11 is 1.07. The summed E-state index contributed by atoms with van der Waals surface area (Å²) in [6.07, 6.45) is 2.82. The number of hydrogen-bond donors (Lipinski definition) is 1. The van der Waals surface area contributed by atoms with Gasteiger partial charge in [-0.15, -0.1) is 23.7 Å². The Morgan fingerprint density at radius 2 is 2.19 bits per heavy atom. The number of hydrogen-bond acceptors (Lipinski definition) is 3. The van der Waals surface area contributed by atoms with Crippen LogP contribution in [0.15, 0.2) is 11.4 Å². The number of nitrogens with one attached hydrogen (secondary N) is 1. The van der Waals surface area contributed by atoms with Crippen molar-refractivity contribution < 1.29 is 9.18 Å². The topological polar surface area (TPSA) is 29.1 Å². The van der Waals surface area contributed by atoms with Crippen LogP contribution in [-0.4, -0.2) is 19.4 Å². The van der Waals surface area contributed by atoms with Crippen molar-refractivity contribution in [3.63, 3.8) is 0 Å². The normalized spacial score (nSPS) is 18.8. The maximum atomic E-state index is 13.4. The molecule has 0 aliphatic carbocycles. The van der Waals surface area contributed by atoms with Crippen LogP contribution in [0.4, 0.5) is 4.39 Å². The van der Waals surface area contributed by atoms with Crippen molar-refractivity contribution in [1.29, 1.82) is 0 Å². The van der Waals surface area contributed by atoms with Crippen LogP contribution in [0.25, 0.3) is 0 Å². The summed E-state index contributed by atoms with van der Waals surface area (Å²) < 4.78 is 13.4. The van der Waals surface area contributed by atoms with E-state index < -0.39 is 0 Å². The lowest BCUT2D eigenvalue weighted by atomic mass is 9.82. The SMILES string of the molecule is Cl.O=CC(c1ccsc1F)C1CCNCC1. The highest BCUT2D eigenvalue weighted by atomic mass is 35.5. The van der Waals surface area contributed by atoms with Gasteiger partial charge in [-0.25, -0.2) is 0 Å². The maximum Gasteiger partial charge on any atom is 0.180 e. The van der Waals surface area contributed by atoms with Gasteiger partial charge in [0.2, 0.25) is 0 Å². The Hall–Kier alpha value is -0.450. The van der Waals surface area contributed by atoms with Crippen molar-refractivity contribution in [3.05, 3.63) is 22.1 Å². The van der Waals surface area contributed by atoms with E-state index in [9.17, 15) is 9.18 Å². The third-order valence-electron chi connectivity index (χ3n) is 3.04. The van der Waals surface area contributed by atoms with E-state index in [0.717, 1.165) is 43.6 Å². The average molecular weight is 264 g/mol. The molecule has 90 valence electrons. The molecule has 2 nitrogen and oxygen atoms in total. The van der Waals surface area contributed by atoms with Crippen molar-refractivity contribution in [2.24, 2.45) is 5.92 Å². The van der Waals surface area contributed by atoms with Gasteiger partial charge in [0.25, 0.3) is 0 Å². The Morgan fingerprint density at radius 3 is 2.69 bits per heavy atom. The molecule has 0 aromatic carbocycles. The molecule has 0 saturated carbocycles. The van der Waals surface area contributed by atoms with E-state index in [1.54, 1.807) is 11.4 Å². The van der Waals surface area contributed by atoms with Gasteiger partial charge < -0.3 is 10.1 Å². The fourth-order valence-electron chi connectivity index (χ4n) is 2.18. The van der Waals surface area contributed by atoms with E-state index in [1.807, 2.05) is 0 Å². The molecule has 1 aliphatic heterocycles. The van der Waals surface area contributed by atoms with E-state index in [2.05, 4.69) is 5.32 Å². The first kappa shape index (κ1) is 13.6. The van der Waals surface area contributed by atoms with E-state index >= 15 is 0 Å². The minimum Gasteiger partial charge on any atom is -0.317 e. The van der Waals surface area contributed by atoms with Gasteiger partial charge in [0, 0.05) is 11.5 Å². The number of rotatable bonds is 3. The van der Waals surface area contributed by atoms with Crippen LogP contribution in [0.2, 0.25) is 0 Å². The molecule has 1 N–H and O–H groups in total. The molecule has 0 spiro atoms. The van der Waals surface area contributed by atoms with Crippen LogP contribution in [0, 0.1) is 11.0 Å². The van der Waals surface area contributed by atoms with Crippen molar-refractivity contribution >= 4 is 30.0 Å². The summed E-state index contributed by atoms with van der Waals surface area (Å²) in [6, 6.07) is 1.74. The number of carbonyl (C=O) groups excluding carboxylic acids is 1. The van der Waals surface area contributed by atoms with Gasteiger partial charge in [0.1, 0.15) is 6.29 Å². The Morgan fingerprint density at radius 1 is 1.50 bits per heavy atom. The second-order valence-electron chi connectivity index (χ2n) is 3.90. The molecule has 1 atom stereocenters. The zero-order chi connectivity index (χ0) is 10.7. The second-order valence-corrected chi connectivity index (χ2v) is 4.77. The lowest BCUT2D eigenvalue weighted by molar-refractivity contribution is -0.110. The highest BCUT2D eigenvalue weighted by Gasteiger charge is 2.27. The molecule has 0 amide bonds. The van der Waals surface area contributed by atoms with Crippen molar-refractivity contribution in [2.45, 2.75) is 18.8 Å². The summed E-state index contributed by atoms with van der Waals surface area (Å²) in [5.41, 5.74) is 0.585. The highest BCUT2D eigenvalue weighted by molar-refractivity contribution is 7.08. The molecule has 1 aromatic rings. The molecule has 0 bridgehead atoms. The fourth-order valence-corrected chi connectivity index (χ4v) is 2.86. The number of thiophene rings is 1. The number of halogens is 2. The van der Waals surface area contributed by atoms with E-state index in [-0.39, 0.29) is 23.5 Å². The Kier molecular flexibility index (Phi) is 5.38. The quantitative estimate of drug-likeness (QED) is 0.850. The molecule has 0 radical (unpaired) electrons. The Labute approximate surface area is 105 Å². The largest absolute Gasteiger partial charge is 0.317 e. The summed E-state index contributed by atoms with van der Waals surface area (Å²) in [7, 11) is 0. The van der Waals surface area contributed by atoms with Crippen LogP contribution in [0.1, 0.15) is 24.3 Å². The van der Waals surface area contributed by atoms with Gasteiger partial charge in [-0.1, -0.05) is 0 Å². The molecule has 1 fully saturated rings. The molecule has 16 heavy (non-hydrogen) atoms. The summed E-state index contributed by atoms with van der Waals surface area (Å²) in [5, 5.41) is 4.75. The van der Waals surface area contributed by atoms with Crippen LogP contribution in [0.3, 0.4) is 0 Å². The van der Waals surface area contributed by atoms with E-state index in [4.69, 9.17) is 0 Å². The fraction of sp³-hybridized carbons (Fsp3) is 0.545. The van der Waals surface area contributed by atoms with Crippen molar-refractivity contribution in [2.75, 3.05) is 13.1 Å². The first-order valence-corrected chi connectivity index (χ1v) is 6.10. The van der Waals surface area contributed by atoms with Gasteiger partial charge in [0.15, 0.2) is 5.13 Å². The van der Waals surface area contributed by atoms with Crippen molar-refractivity contribution in [3.8, 4) is 0 Å². The zero-order valence-electron chi connectivity index (χ0n) is 8.82. The van der Waals surface area contributed by atoms with Gasteiger partial charge >= 0.3 is 0 Å². The maximum absolute atomic E-state index is 13.4. The molecule has 1 aliphatic rings. The summed E-state index contributed by atoms with van der Waals surface area (Å²) in [4.78, 5) is 11.1. The third kappa shape index (κ3) is 2.81. The average Bonchev–Trinajstić information content (AvgIpc) is 2.68. The summed E-state index contributed by atoms with van der Waals surface area (Å²) in [6.45, 7) is 1.86. The first-order chi connectivity index (χ1) is 7.33. The predicted octanol–water partition coefficient (Wildman–Crippen LogP) is 2.59. The number of carbonyl (C=O) groups is 1. The standard InChI is InChI=1S/C11H14FNOS.ClH/c12-11-9(3-6-15-11)10(7-14)8-1-4-13-5-2-8;/h3,6-8,10,13H,1-2,4-5H2;1H. The molecule has 1 unspecified atom stereocenters. The Balaban J connectivity index is 0.00000128. The number of aldehydes is 1. The summed E-state index contributed by atoms with van der Waals surface area (Å²) in [5.74, 6) is 0.0474. The van der Waals surface area contributed by atoms with Crippen LogP contribution in [0.5, 0.6) is 0 Å². The van der Waals surface area contributed by atoms with Gasteiger partial charge in [0.05, 0.1) is 0 Å². The van der Waals surface area contributed by atoms with Crippen molar-refractivity contribution in [1.82, 2.24) is 5.32 Å². The number of piperidine rings is 1. The third-order valence-corrected chi connectivity index (χ3v) is 3.76. The van der Waals surface area contributed by atoms with Gasteiger partial charge in [-0.05, 0) is 43.3 Å². The highest BCUT2D eigenvalue weighted by Crippen LogP contribution is 2.32. The zero-order valence-corrected chi connectivity index (χ0v) is 10.5. The minimum absolute atomic E-state index is 0. The monoisotopic (exact) mass is 263 g/mol. The molecular weight excluding hydrogens is 249 g/mol. The smallest absolute Gasteiger partial charge is 0.180 e. The molecule has 2 heterocycles. The van der Waals surface area contributed by atoms with Gasteiger partial charge in [-0.3, -0.25) is 0 Å². The lowest BCUT2D eigenvalue weighted by Gasteiger charge is -2.26. The van der Waals surface area contributed by atoms with Crippen LogP contribution >= 0.6 is 23.7 Å².